The van der Waals surface area contributed by atoms with Crippen molar-refractivity contribution in [2.45, 2.75) is 64.2 Å². The second-order valence-corrected chi connectivity index (χ2v) is 12.2. The van der Waals surface area contributed by atoms with Crippen molar-refractivity contribution in [1.29, 1.82) is 0 Å². The second kappa shape index (κ2) is 11.3. The van der Waals surface area contributed by atoms with E-state index in [9.17, 15) is 9.59 Å². The number of hydrogen-bond acceptors (Lipinski definition) is 10. The number of hydrogen-bond donors (Lipinski definition) is 0. The average Bonchev–Trinajstić information content (AvgIpc) is 3.60. The number of amides is 1. The minimum Gasteiger partial charge on any atom is -0.493 e. The van der Waals surface area contributed by atoms with Crippen molar-refractivity contribution in [3.05, 3.63) is 39.9 Å². The van der Waals surface area contributed by atoms with Gasteiger partial charge in [0.15, 0.2) is 29.1 Å². The summed E-state index contributed by atoms with van der Waals surface area (Å²) in [5.74, 6) is 2.18. The number of ether oxygens (including phenoxy) is 8. The van der Waals surface area contributed by atoms with E-state index < -0.39 is 29.8 Å². The first kappa shape index (κ1) is 29.2. The number of benzene rings is 2. The molecule has 11 heteroatoms. The standard InChI is InChI=1S/C32H39NO10/c1-32(2,3)43-31(35)33-12-9-18-20(15-17-10-13-39-14-11-17)26-29(41-16-40-26)28(38-6)22(18)24(33)25-19-7-8-21(36-4)27(37-5)23(19)30(34)42-25/h7-8,17,24-25H,9-16H2,1-6H3/t24-,25+/m1/s1. The lowest BCUT2D eigenvalue weighted by Crippen LogP contribution is -2.45. The van der Waals surface area contributed by atoms with Crippen molar-refractivity contribution >= 4 is 12.1 Å². The number of nitrogens with zero attached hydrogens (tertiary/aromatic N) is 1. The maximum atomic E-state index is 13.9. The summed E-state index contributed by atoms with van der Waals surface area (Å²) >= 11 is 0. The van der Waals surface area contributed by atoms with Crippen molar-refractivity contribution in [3.63, 3.8) is 0 Å². The Labute approximate surface area is 251 Å². The number of rotatable bonds is 6. The van der Waals surface area contributed by atoms with Gasteiger partial charge in [-0.15, -0.1) is 0 Å². The molecule has 0 spiro atoms. The largest absolute Gasteiger partial charge is 0.493 e. The fraction of sp³-hybridized carbons (Fsp3) is 0.562. The van der Waals surface area contributed by atoms with Crippen LogP contribution in [0.25, 0.3) is 0 Å². The molecule has 0 unspecified atom stereocenters. The van der Waals surface area contributed by atoms with Gasteiger partial charge in [0.05, 0.1) is 21.3 Å². The Hall–Kier alpha value is -3.86. The highest BCUT2D eigenvalue weighted by atomic mass is 16.7. The van der Waals surface area contributed by atoms with Crippen LogP contribution in [-0.4, -0.2) is 70.4 Å². The molecule has 43 heavy (non-hydrogen) atoms. The van der Waals surface area contributed by atoms with Crippen molar-refractivity contribution < 1.29 is 47.5 Å². The molecule has 1 saturated heterocycles. The summed E-state index contributed by atoms with van der Waals surface area (Å²) in [4.78, 5) is 29.0. The molecule has 0 radical (unpaired) electrons. The molecule has 4 aliphatic rings. The molecule has 6 rings (SSSR count). The van der Waals surface area contributed by atoms with E-state index in [0.29, 0.717) is 47.4 Å². The Kier molecular flexibility index (Phi) is 7.70. The lowest BCUT2D eigenvalue weighted by molar-refractivity contribution is -0.0195. The molecule has 2 aromatic carbocycles. The number of carbonyl (C=O) groups is 2. The molecule has 0 aliphatic carbocycles. The number of fused-ring (bicyclic) bond motifs is 3. The van der Waals surface area contributed by atoms with Crippen LogP contribution in [0.1, 0.15) is 78.4 Å². The molecule has 4 aliphatic heterocycles. The molecule has 1 fully saturated rings. The Bertz CT molecular complexity index is 1420. The van der Waals surface area contributed by atoms with Gasteiger partial charge in [-0.05, 0) is 64.0 Å². The topological polar surface area (TPSA) is 111 Å². The Morgan fingerprint density at radius 1 is 1.00 bits per heavy atom. The quantitative estimate of drug-likeness (QED) is 0.414. The van der Waals surface area contributed by atoms with Crippen LogP contribution in [0.5, 0.6) is 28.7 Å². The fourth-order valence-electron chi connectivity index (χ4n) is 6.72. The van der Waals surface area contributed by atoms with E-state index in [1.165, 1.54) is 14.2 Å². The predicted molar refractivity (Wildman–Crippen MR) is 153 cm³/mol. The molecule has 0 saturated carbocycles. The van der Waals surface area contributed by atoms with Gasteiger partial charge in [-0.1, -0.05) is 6.07 Å². The van der Waals surface area contributed by atoms with E-state index in [0.717, 1.165) is 49.2 Å². The summed E-state index contributed by atoms with van der Waals surface area (Å²) in [5, 5.41) is 0. The Balaban J connectivity index is 1.56. The molecule has 0 N–H and O–H groups in total. The summed E-state index contributed by atoms with van der Waals surface area (Å²) in [7, 11) is 4.56. The van der Waals surface area contributed by atoms with E-state index in [2.05, 4.69) is 0 Å². The summed E-state index contributed by atoms with van der Waals surface area (Å²) in [5.41, 5.74) is 2.90. The van der Waals surface area contributed by atoms with Crippen LogP contribution in [0.15, 0.2) is 12.1 Å². The zero-order valence-electron chi connectivity index (χ0n) is 25.6. The highest BCUT2D eigenvalue weighted by molar-refractivity contribution is 5.98. The highest BCUT2D eigenvalue weighted by Gasteiger charge is 2.50. The summed E-state index contributed by atoms with van der Waals surface area (Å²) in [6.45, 7) is 7.32. The predicted octanol–water partition coefficient (Wildman–Crippen LogP) is 5.16. The number of methoxy groups -OCH3 is 3. The third-order valence-electron chi connectivity index (χ3n) is 8.54. The van der Waals surface area contributed by atoms with E-state index in [1.807, 2.05) is 20.8 Å². The first-order valence-corrected chi connectivity index (χ1v) is 14.7. The van der Waals surface area contributed by atoms with E-state index in [-0.39, 0.29) is 18.1 Å². The van der Waals surface area contributed by atoms with Gasteiger partial charge >= 0.3 is 12.1 Å². The zero-order valence-corrected chi connectivity index (χ0v) is 25.6. The van der Waals surface area contributed by atoms with Gasteiger partial charge in [0.2, 0.25) is 12.5 Å². The SMILES string of the molecule is COc1ccc2c(c1OC)C(=O)O[C@@H]2[C@H]1c2c(c(CC3CCOCC3)c3c(c2OC)OCO3)CCN1C(=O)OC(C)(C)C. The minimum absolute atomic E-state index is 0.0635. The fourth-order valence-corrected chi connectivity index (χ4v) is 6.72. The van der Waals surface area contributed by atoms with Gasteiger partial charge in [-0.2, -0.15) is 0 Å². The summed E-state index contributed by atoms with van der Waals surface area (Å²) in [6.07, 6.45) is 1.80. The molecular formula is C32H39NO10. The number of esters is 1. The molecule has 2 atom stereocenters. The first-order valence-electron chi connectivity index (χ1n) is 14.7. The maximum Gasteiger partial charge on any atom is 0.410 e. The molecule has 1 amide bonds. The normalized spacial score (nSPS) is 21.2. The maximum absolute atomic E-state index is 13.9. The number of cyclic esters (lactones) is 1. The monoisotopic (exact) mass is 597 g/mol. The van der Waals surface area contributed by atoms with E-state index in [1.54, 1.807) is 24.1 Å². The van der Waals surface area contributed by atoms with Crippen LogP contribution in [0.2, 0.25) is 0 Å². The highest BCUT2D eigenvalue weighted by Crippen LogP contribution is 2.57. The molecule has 0 bridgehead atoms. The van der Waals surface area contributed by atoms with Gasteiger partial charge in [0.1, 0.15) is 17.2 Å². The van der Waals surface area contributed by atoms with Crippen molar-refractivity contribution in [2.75, 3.05) is 47.9 Å². The van der Waals surface area contributed by atoms with Crippen molar-refractivity contribution in [2.24, 2.45) is 5.92 Å². The molecule has 2 aromatic rings. The van der Waals surface area contributed by atoms with Crippen LogP contribution < -0.4 is 23.7 Å². The Morgan fingerprint density at radius 3 is 2.40 bits per heavy atom. The lowest BCUT2D eigenvalue weighted by Gasteiger charge is -2.42. The van der Waals surface area contributed by atoms with Crippen LogP contribution in [-0.2, 0) is 27.1 Å². The van der Waals surface area contributed by atoms with Crippen LogP contribution >= 0.6 is 0 Å². The smallest absolute Gasteiger partial charge is 0.410 e. The number of carbonyl (C=O) groups excluding carboxylic acids is 2. The Morgan fingerprint density at radius 2 is 1.72 bits per heavy atom. The molecular weight excluding hydrogens is 558 g/mol. The van der Waals surface area contributed by atoms with Crippen molar-refractivity contribution in [3.8, 4) is 28.7 Å². The van der Waals surface area contributed by atoms with Crippen LogP contribution in [0.3, 0.4) is 0 Å². The molecule has 4 heterocycles. The van der Waals surface area contributed by atoms with Gasteiger partial charge in [-0.25, -0.2) is 9.59 Å². The third-order valence-corrected chi connectivity index (χ3v) is 8.54. The molecule has 232 valence electrons. The van der Waals surface area contributed by atoms with Crippen LogP contribution in [0, 0.1) is 5.92 Å². The molecule has 0 aromatic heterocycles. The average molecular weight is 598 g/mol. The third kappa shape index (κ3) is 5.07. The van der Waals surface area contributed by atoms with Gasteiger partial charge in [0.25, 0.3) is 0 Å². The lowest BCUT2D eigenvalue weighted by atomic mass is 9.80. The summed E-state index contributed by atoms with van der Waals surface area (Å²) in [6, 6.07) is 2.75. The zero-order chi connectivity index (χ0) is 30.5. The van der Waals surface area contributed by atoms with Gasteiger partial charge < -0.3 is 37.9 Å². The van der Waals surface area contributed by atoms with Gasteiger partial charge in [0, 0.05) is 36.4 Å². The second-order valence-electron chi connectivity index (χ2n) is 12.2. The van der Waals surface area contributed by atoms with Crippen LogP contribution in [0.4, 0.5) is 4.79 Å². The molecule has 11 nitrogen and oxygen atoms in total. The first-order chi connectivity index (χ1) is 20.7. The van der Waals surface area contributed by atoms with E-state index in [4.69, 9.17) is 37.9 Å². The summed E-state index contributed by atoms with van der Waals surface area (Å²) < 4.78 is 46.8. The minimum atomic E-state index is -0.876. The van der Waals surface area contributed by atoms with E-state index >= 15 is 0 Å². The van der Waals surface area contributed by atoms with Crippen molar-refractivity contribution in [1.82, 2.24) is 4.90 Å². The van der Waals surface area contributed by atoms with Gasteiger partial charge in [-0.3, -0.25) is 4.90 Å².